The van der Waals surface area contributed by atoms with E-state index in [1.807, 2.05) is 0 Å². The van der Waals surface area contributed by atoms with Crippen molar-refractivity contribution >= 4 is 11.0 Å². The Morgan fingerprint density at radius 2 is 2.00 bits per heavy atom. The summed E-state index contributed by atoms with van der Waals surface area (Å²) in [5.41, 5.74) is 2.50. The predicted octanol–water partition coefficient (Wildman–Crippen LogP) is 2.12. The van der Waals surface area contributed by atoms with Crippen molar-refractivity contribution in [3.05, 3.63) is 47.8 Å². The molecule has 1 saturated heterocycles. The van der Waals surface area contributed by atoms with Gasteiger partial charge in [0, 0.05) is 37.5 Å². The van der Waals surface area contributed by atoms with Gasteiger partial charge in [-0.1, -0.05) is 0 Å². The maximum absolute atomic E-state index is 13.0. The lowest BCUT2D eigenvalue weighted by Gasteiger charge is -2.26. The molecule has 1 aliphatic heterocycles. The molecule has 1 fully saturated rings. The Bertz CT molecular complexity index is 981. The number of hydrogen-bond acceptors (Lipinski definition) is 6. The molecule has 0 saturated carbocycles. The zero-order valence-corrected chi connectivity index (χ0v) is 15.1. The number of halogens is 2. The number of fused-ring (bicyclic) bond motifs is 1. The highest BCUT2D eigenvalue weighted by Gasteiger charge is 2.29. The van der Waals surface area contributed by atoms with Gasteiger partial charge in [-0.2, -0.15) is 13.9 Å². The molecule has 148 valence electrons. The molecule has 1 aliphatic rings. The SMILES string of the molecule is CC(F)(F)Oc1ccc(-n2nc(C3CNC3)c3c(C(O)CO)ccnc32)cc1. The predicted molar refractivity (Wildman–Crippen MR) is 97.8 cm³/mol. The van der Waals surface area contributed by atoms with E-state index in [9.17, 15) is 19.0 Å². The highest BCUT2D eigenvalue weighted by molar-refractivity contribution is 5.84. The van der Waals surface area contributed by atoms with Crippen LogP contribution >= 0.6 is 0 Å². The molecule has 2 aromatic heterocycles. The Hall–Kier alpha value is -2.62. The standard InChI is InChI=1S/C19H20F2N4O3/c1-19(20,21)28-13-4-2-12(3-5-13)25-18-16(17(24-25)11-8-22-9-11)14(6-7-23-18)15(27)10-26/h2-7,11,15,22,26-27H,8-10H2,1H3. The fourth-order valence-corrected chi connectivity index (χ4v) is 3.28. The zero-order chi connectivity index (χ0) is 19.9. The first-order chi connectivity index (χ1) is 13.4. The summed E-state index contributed by atoms with van der Waals surface area (Å²) >= 11 is 0. The van der Waals surface area contributed by atoms with Crippen LogP contribution in [-0.2, 0) is 0 Å². The van der Waals surface area contributed by atoms with Crippen LogP contribution in [0.2, 0.25) is 0 Å². The fourth-order valence-electron chi connectivity index (χ4n) is 3.28. The number of rotatable bonds is 6. The quantitative estimate of drug-likeness (QED) is 0.597. The molecule has 3 aromatic rings. The van der Waals surface area contributed by atoms with E-state index >= 15 is 0 Å². The maximum Gasteiger partial charge on any atom is 0.394 e. The van der Waals surface area contributed by atoms with Crippen LogP contribution in [0.3, 0.4) is 0 Å². The van der Waals surface area contributed by atoms with E-state index < -0.39 is 18.8 Å². The number of hydrogen-bond donors (Lipinski definition) is 3. The highest BCUT2D eigenvalue weighted by atomic mass is 19.3. The topological polar surface area (TPSA) is 92.4 Å². The second kappa shape index (κ2) is 7.08. The van der Waals surface area contributed by atoms with E-state index in [-0.39, 0.29) is 11.7 Å². The summed E-state index contributed by atoms with van der Waals surface area (Å²) in [4.78, 5) is 4.41. The normalized spacial score (nSPS) is 16.2. The maximum atomic E-state index is 13.0. The third-order valence-corrected chi connectivity index (χ3v) is 4.71. The van der Waals surface area contributed by atoms with Crippen molar-refractivity contribution in [2.75, 3.05) is 19.7 Å². The highest BCUT2D eigenvalue weighted by Crippen LogP contribution is 2.33. The first-order valence-electron chi connectivity index (χ1n) is 8.92. The van der Waals surface area contributed by atoms with Crippen LogP contribution in [0.5, 0.6) is 5.75 Å². The first-order valence-corrected chi connectivity index (χ1v) is 8.92. The van der Waals surface area contributed by atoms with Gasteiger partial charge in [0.15, 0.2) is 5.65 Å². The largest absolute Gasteiger partial charge is 0.433 e. The minimum Gasteiger partial charge on any atom is -0.433 e. The average Bonchev–Trinajstić information content (AvgIpc) is 2.98. The van der Waals surface area contributed by atoms with Gasteiger partial charge in [0.25, 0.3) is 0 Å². The van der Waals surface area contributed by atoms with Crippen LogP contribution in [0.25, 0.3) is 16.7 Å². The van der Waals surface area contributed by atoms with Gasteiger partial charge in [0.1, 0.15) is 11.9 Å². The molecule has 0 bridgehead atoms. The van der Waals surface area contributed by atoms with Gasteiger partial charge < -0.3 is 20.3 Å². The molecule has 0 aliphatic carbocycles. The molecule has 0 amide bonds. The molecule has 1 unspecified atom stereocenters. The van der Waals surface area contributed by atoms with Gasteiger partial charge in [0.2, 0.25) is 0 Å². The Morgan fingerprint density at radius 3 is 2.57 bits per heavy atom. The third kappa shape index (κ3) is 3.44. The number of nitrogens with zero attached hydrogens (tertiary/aromatic N) is 3. The van der Waals surface area contributed by atoms with E-state index in [0.29, 0.717) is 29.2 Å². The molecule has 9 heteroatoms. The van der Waals surface area contributed by atoms with Crippen molar-refractivity contribution in [3.63, 3.8) is 0 Å². The minimum absolute atomic E-state index is 0.0421. The van der Waals surface area contributed by atoms with Crippen LogP contribution in [-0.4, -0.2) is 50.8 Å². The van der Waals surface area contributed by atoms with Crippen molar-refractivity contribution in [1.29, 1.82) is 0 Å². The van der Waals surface area contributed by atoms with Gasteiger partial charge in [-0.3, -0.25) is 0 Å². The number of aliphatic hydroxyl groups excluding tert-OH is 2. The Kier molecular flexibility index (Phi) is 4.74. The molecule has 28 heavy (non-hydrogen) atoms. The molecule has 1 aromatic carbocycles. The van der Waals surface area contributed by atoms with Crippen molar-refractivity contribution in [2.24, 2.45) is 0 Å². The summed E-state index contributed by atoms with van der Waals surface area (Å²) in [6.45, 7) is 1.78. The van der Waals surface area contributed by atoms with Gasteiger partial charge in [-0.15, -0.1) is 0 Å². The van der Waals surface area contributed by atoms with Gasteiger partial charge in [-0.05, 0) is 35.9 Å². The number of aliphatic hydroxyl groups is 2. The van der Waals surface area contributed by atoms with Crippen LogP contribution in [0, 0.1) is 0 Å². The van der Waals surface area contributed by atoms with Gasteiger partial charge in [0.05, 0.1) is 18.0 Å². The summed E-state index contributed by atoms with van der Waals surface area (Å²) in [5.74, 6) is 0.208. The lowest BCUT2D eigenvalue weighted by atomic mass is 9.94. The van der Waals surface area contributed by atoms with E-state index in [4.69, 9.17) is 5.10 Å². The molecule has 0 spiro atoms. The zero-order valence-electron chi connectivity index (χ0n) is 15.1. The molecule has 4 rings (SSSR count). The van der Waals surface area contributed by atoms with Crippen LogP contribution in [0.1, 0.15) is 30.2 Å². The Labute approximate surface area is 159 Å². The van der Waals surface area contributed by atoms with Crippen molar-refractivity contribution in [3.8, 4) is 11.4 Å². The van der Waals surface area contributed by atoms with Crippen LogP contribution in [0.4, 0.5) is 8.78 Å². The number of aromatic nitrogens is 3. The lowest BCUT2D eigenvalue weighted by molar-refractivity contribution is -0.158. The second-order valence-electron chi connectivity index (χ2n) is 6.85. The van der Waals surface area contributed by atoms with Gasteiger partial charge >= 0.3 is 6.11 Å². The summed E-state index contributed by atoms with van der Waals surface area (Å²) in [5, 5.41) is 28.2. The second-order valence-corrected chi connectivity index (χ2v) is 6.85. The fraction of sp³-hybridized carbons (Fsp3) is 0.368. The smallest absolute Gasteiger partial charge is 0.394 e. The summed E-state index contributed by atoms with van der Waals surface area (Å²) in [6.07, 6.45) is -2.76. The minimum atomic E-state index is -3.26. The van der Waals surface area contributed by atoms with Crippen molar-refractivity contribution in [1.82, 2.24) is 20.1 Å². The molecule has 0 radical (unpaired) electrons. The van der Waals surface area contributed by atoms with Crippen molar-refractivity contribution in [2.45, 2.75) is 25.1 Å². The van der Waals surface area contributed by atoms with Crippen LogP contribution < -0.4 is 10.1 Å². The first kappa shape index (κ1) is 18.7. The molecular weight excluding hydrogens is 370 g/mol. The van der Waals surface area contributed by atoms with Crippen molar-refractivity contribution < 1.29 is 23.7 Å². The van der Waals surface area contributed by atoms with E-state index in [0.717, 1.165) is 18.8 Å². The van der Waals surface area contributed by atoms with Crippen LogP contribution in [0.15, 0.2) is 36.5 Å². The third-order valence-electron chi connectivity index (χ3n) is 4.71. The monoisotopic (exact) mass is 390 g/mol. The number of pyridine rings is 1. The number of benzene rings is 1. The summed E-state index contributed by atoms with van der Waals surface area (Å²) in [7, 11) is 0. The summed E-state index contributed by atoms with van der Waals surface area (Å²) < 4.78 is 32.2. The number of ether oxygens (including phenoxy) is 1. The molecular formula is C19H20F2N4O3. The molecule has 3 heterocycles. The Morgan fingerprint density at radius 1 is 1.29 bits per heavy atom. The number of nitrogens with one attached hydrogen (secondary N) is 1. The van der Waals surface area contributed by atoms with E-state index in [1.54, 1.807) is 29.1 Å². The lowest BCUT2D eigenvalue weighted by Crippen LogP contribution is -2.40. The van der Waals surface area contributed by atoms with Gasteiger partial charge in [-0.25, -0.2) is 9.67 Å². The van der Waals surface area contributed by atoms with E-state index in [1.165, 1.54) is 12.1 Å². The van der Waals surface area contributed by atoms with E-state index in [2.05, 4.69) is 15.0 Å². The summed E-state index contributed by atoms with van der Waals surface area (Å²) in [6, 6.07) is 7.79. The molecule has 7 nitrogen and oxygen atoms in total. The Balaban J connectivity index is 1.81. The number of alkyl halides is 2. The average molecular weight is 390 g/mol. The molecule has 3 N–H and O–H groups in total. The molecule has 1 atom stereocenters.